The Kier molecular flexibility index (Phi) is 77.7. The summed E-state index contributed by atoms with van der Waals surface area (Å²) < 4.78 is 16.0. The Bertz CT molecular complexity index is 3200. The van der Waals surface area contributed by atoms with Gasteiger partial charge in [-0.25, -0.2) is 14.4 Å². The van der Waals surface area contributed by atoms with Gasteiger partial charge in [0.2, 0.25) is 39.8 Å². The Hall–Kier alpha value is -6.54. The summed E-state index contributed by atoms with van der Waals surface area (Å²) in [4.78, 5) is 118. The van der Waals surface area contributed by atoms with Crippen molar-refractivity contribution in [2.24, 2.45) is 17.8 Å². The number of cyclic esters (lactones) is 1. The summed E-state index contributed by atoms with van der Waals surface area (Å²) in [7, 11) is 0. The third-order valence-corrected chi connectivity index (χ3v) is 28.3. The molecule has 20 heteroatoms. The predicted octanol–water partition coefficient (Wildman–Crippen LogP) is 28.4. The number of amides is 5. The van der Waals surface area contributed by atoms with E-state index in [1.165, 1.54) is 229 Å². The van der Waals surface area contributed by atoms with Gasteiger partial charge in [-0.05, 0) is 238 Å². The molecular formula is C114H191N5O13S2. The Labute approximate surface area is 824 Å². The first kappa shape index (κ1) is 122. The average molecular weight is 1900 g/mol. The Morgan fingerprint density at radius 3 is 0.784 bits per heavy atom. The molecule has 11 atom stereocenters. The van der Waals surface area contributed by atoms with Crippen LogP contribution in [0, 0.1) is 17.8 Å². The number of carbonyl (C=O) groups is 10. The molecule has 7 rings (SSSR count). The Morgan fingerprint density at radius 1 is 0.269 bits per heavy atom. The van der Waals surface area contributed by atoms with Crippen LogP contribution in [0.25, 0.3) is 0 Å². The number of hydrogen-bond acceptors (Lipinski definition) is 15. The number of rotatable bonds is 70. The van der Waals surface area contributed by atoms with Gasteiger partial charge in [0.1, 0.15) is 36.4 Å². The Morgan fingerprint density at radius 2 is 0.500 bits per heavy atom. The molecule has 5 amide bonds. The van der Waals surface area contributed by atoms with Crippen LogP contribution in [0.4, 0.5) is 0 Å². The van der Waals surface area contributed by atoms with Gasteiger partial charge in [0.05, 0.1) is 12.1 Å². The summed E-state index contributed by atoms with van der Waals surface area (Å²) in [6.07, 6.45) is 114. The van der Waals surface area contributed by atoms with Crippen molar-refractivity contribution in [3.63, 3.8) is 0 Å². The molecule has 2 saturated carbocycles. The van der Waals surface area contributed by atoms with Crippen molar-refractivity contribution in [3.05, 3.63) is 109 Å². The van der Waals surface area contributed by atoms with Gasteiger partial charge in [0.25, 0.3) is 0 Å². The monoisotopic (exact) mass is 1900 g/mol. The molecule has 4 unspecified atom stereocenters. The zero-order valence-electron chi connectivity index (χ0n) is 85.5. The quantitative estimate of drug-likeness (QED) is 0.0164. The molecule has 5 saturated heterocycles. The van der Waals surface area contributed by atoms with Crippen molar-refractivity contribution in [3.8, 4) is 0 Å². The maximum absolute atomic E-state index is 12.2. The number of ether oxygens (including phenoxy) is 3. The molecule has 5 aliphatic heterocycles. The average Bonchev–Trinajstić information content (AvgIpc) is 1.67. The van der Waals surface area contributed by atoms with E-state index in [2.05, 4.69) is 171 Å². The number of fused-ring (bicyclic) bond motifs is 2. The number of nitrogens with one attached hydrogen (secondary N) is 5. The molecule has 762 valence electrons. The fourth-order valence-electron chi connectivity index (χ4n) is 17.7. The summed E-state index contributed by atoms with van der Waals surface area (Å²) in [5.74, 6) is 1.40. The summed E-state index contributed by atoms with van der Waals surface area (Å²) in [5, 5.41) is 14.7. The zero-order chi connectivity index (χ0) is 97.0. The second-order valence-corrected chi connectivity index (χ2v) is 40.5. The molecule has 0 radical (unpaired) electrons. The topological polar surface area (TPSA) is 259 Å². The van der Waals surface area contributed by atoms with Gasteiger partial charge < -0.3 is 40.8 Å². The van der Waals surface area contributed by atoms with E-state index in [4.69, 9.17) is 14.2 Å². The molecule has 7 fully saturated rings. The molecule has 0 aromatic heterocycles. The molecule has 134 heavy (non-hydrogen) atoms. The molecule has 0 aromatic rings. The van der Waals surface area contributed by atoms with E-state index in [9.17, 15) is 47.9 Å². The van der Waals surface area contributed by atoms with Crippen molar-refractivity contribution in [2.75, 3.05) is 11.5 Å². The summed E-state index contributed by atoms with van der Waals surface area (Å²) in [5.41, 5.74) is 0. The van der Waals surface area contributed by atoms with Gasteiger partial charge in [-0.1, -0.05) is 335 Å². The maximum atomic E-state index is 12.2. The van der Waals surface area contributed by atoms with Gasteiger partial charge >= 0.3 is 17.9 Å². The van der Waals surface area contributed by atoms with Crippen molar-refractivity contribution in [1.82, 2.24) is 26.6 Å². The second kappa shape index (κ2) is 85.6. The molecule has 7 aliphatic rings. The summed E-state index contributed by atoms with van der Waals surface area (Å²) in [6.45, 7) is 15.0. The van der Waals surface area contributed by atoms with Crippen LogP contribution in [0.15, 0.2) is 109 Å². The third-order valence-electron chi connectivity index (χ3n) is 26.3. The van der Waals surface area contributed by atoms with Crippen LogP contribution < -0.4 is 26.6 Å². The minimum atomic E-state index is -0.475. The van der Waals surface area contributed by atoms with Crippen LogP contribution in [0.3, 0.4) is 0 Å². The van der Waals surface area contributed by atoms with Gasteiger partial charge in [-0.2, -0.15) is 0 Å². The second-order valence-electron chi connectivity index (χ2n) is 38.3. The van der Waals surface area contributed by atoms with Crippen molar-refractivity contribution >= 4 is 81.2 Å². The molecule has 0 bridgehead atoms. The highest BCUT2D eigenvalue weighted by molar-refractivity contribution is 8.14. The Balaban J connectivity index is 0.000000433. The first-order valence-corrected chi connectivity index (χ1v) is 56.7. The van der Waals surface area contributed by atoms with E-state index >= 15 is 0 Å². The molecule has 5 N–H and O–H groups in total. The smallest absolute Gasteiger partial charge is 0.329 e. The molecular weight excluding hydrogens is 1710 g/mol. The lowest BCUT2D eigenvalue weighted by Crippen LogP contribution is -2.43. The highest BCUT2D eigenvalue weighted by Gasteiger charge is 2.48. The number of esters is 3. The highest BCUT2D eigenvalue weighted by atomic mass is 32.2. The van der Waals surface area contributed by atoms with Gasteiger partial charge in [0, 0.05) is 61.4 Å². The predicted molar refractivity (Wildman–Crippen MR) is 561 cm³/mol. The van der Waals surface area contributed by atoms with Crippen molar-refractivity contribution in [1.29, 1.82) is 0 Å². The largest absolute Gasteiger partial charge is 0.461 e. The minimum Gasteiger partial charge on any atom is -0.461 e. The molecule has 2 aliphatic carbocycles. The number of carbonyl (C=O) groups excluding carboxylic acids is 10. The van der Waals surface area contributed by atoms with E-state index in [0.717, 1.165) is 198 Å². The lowest BCUT2D eigenvalue weighted by atomic mass is 9.83. The van der Waals surface area contributed by atoms with Crippen LogP contribution in [0.5, 0.6) is 0 Å². The van der Waals surface area contributed by atoms with E-state index in [0.29, 0.717) is 32.1 Å². The number of allylic oxidation sites excluding steroid dienone is 18. The lowest BCUT2D eigenvalue weighted by Gasteiger charge is -2.25. The SMILES string of the molecule is CCCCC/C=C\C/C=C/CCCCCCCC(=O)N[C@@H]1C(=O)OC2CCCCC21.CCCCC/C=C\C/C=C/CCCCCCCC(=O)N[C@@H]1CCSC1=O.CCCCC/C=C\C/C=C/CCCCCCCC(=O)N[C@H]1C(=O)OC2CCCCC21.CCCCC/C=C\C/C=C/CCCCCCCC(=O)N[C@H]1CCSC1=O.CCCCCC/C=C/CCCC(=O)N[C@H]1C(=O)O[C@@H](C)[C@@H]1C. The van der Waals surface area contributed by atoms with Crippen LogP contribution in [-0.4, -0.2) is 118 Å². The third kappa shape index (κ3) is 63.9. The number of unbranched alkanes of at least 4 members (excludes halogenated alkanes) is 37. The maximum Gasteiger partial charge on any atom is 0.329 e. The van der Waals surface area contributed by atoms with Gasteiger partial charge in [-0.3, -0.25) is 33.6 Å². The first-order valence-electron chi connectivity index (χ1n) is 54.7. The fraction of sp³-hybridized carbons (Fsp3) is 0.754. The van der Waals surface area contributed by atoms with E-state index < -0.39 is 18.1 Å². The lowest BCUT2D eigenvalue weighted by molar-refractivity contribution is -0.145. The number of thioether (sulfide) groups is 2. The molecule has 0 spiro atoms. The van der Waals surface area contributed by atoms with Crippen LogP contribution in [0.1, 0.15) is 472 Å². The van der Waals surface area contributed by atoms with Crippen molar-refractivity contribution < 1.29 is 62.2 Å². The minimum absolute atomic E-state index is 0.00820. The zero-order valence-corrected chi connectivity index (χ0v) is 87.1. The van der Waals surface area contributed by atoms with Crippen LogP contribution >= 0.6 is 23.5 Å². The number of hydrogen-bond donors (Lipinski definition) is 5. The van der Waals surface area contributed by atoms with Crippen LogP contribution in [0.2, 0.25) is 0 Å². The fourth-order valence-corrected chi connectivity index (χ4v) is 19.6. The van der Waals surface area contributed by atoms with E-state index in [-0.39, 0.29) is 106 Å². The highest BCUT2D eigenvalue weighted by Crippen LogP contribution is 2.37. The van der Waals surface area contributed by atoms with E-state index in [1.807, 2.05) is 13.8 Å². The first-order chi connectivity index (χ1) is 65.5. The summed E-state index contributed by atoms with van der Waals surface area (Å²) >= 11 is 2.67. The van der Waals surface area contributed by atoms with E-state index in [1.54, 1.807) is 0 Å². The molecule has 18 nitrogen and oxygen atoms in total. The molecule has 0 aromatic carbocycles. The van der Waals surface area contributed by atoms with Gasteiger partial charge in [0.15, 0.2) is 0 Å². The molecule has 5 heterocycles. The van der Waals surface area contributed by atoms with Crippen molar-refractivity contribution in [2.45, 2.75) is 521 Å². The normalized spacial score (nSPS) is 21.5. The summed E-state index contributed by atoms with van der Waals surface area (Å²) in [6, 6.07) is -1.74. The standard InChI is InChI=1S/2C26H43NO3.2C22H37NO2S.C18H31NO3/c2*1-2-3-4-5-6-7-8-9-10-11-12-13-14-15-16-21-24(28)27-25-22-19-17-18-20-23(22)30-26(25)29;2*1-2-3-4-5-6-7-8-9-10-11-12-13-14-15-16-17-21(24)23-20-18-19-26-22(20)25;1-4-5-6-7-8-9-10-11-12-13-16(20)19-17-14(2)15(3)22-18(17)21/h2*6-7,9-10,22-23,25H,2-5,8,11-21H2,1H3,(H,27,28);2*6-7,9-10,20H,2-5,8,11-19H2,1H3,(H,23,24);9-10,14-15,17H,4-8,11-13H2,1-3H3,(H,19,20)/b4*7-6-,10-9+;10-9+/t2*22?,23?,25-;2*20-;14-,15-,17+/m10100/s1. The van der Waals surface area contributed by atoms with Gasteiger partial charge in [-0.15, -0.1) is 0 Å². The van der Waals surface area contributed by atoms with Crippen LogP contribution in [-0.2, 0) is 62.2 Å².